The Morgan fingerprint density at radius 3 is 2.58 bits per heavy atom. The van der Waals surface area contributed by atoms with Gasteiger partial charge in [0.15, 0.2) is 17.6 Å². The third kappa shape index (κ3) is 3.56. The van der Waals surface area contributed by atoms with Crippen LogP contribution in [-0.2, 0) is 4.79 Å². The number of para-hydroxylation sites is 1. The van der Waals surface area contributed by atoms with Gasteiger partial charge in [-0.15, -0.1) is 0 Å². The highest BCUT2D eigenvalue weighted by molar-refractivity contribution is 6.09. The number of aliphatic carboxylic acids is 1. The number of carboxylic acid groups (broad SMARTS) is 1. The second kappa shape index (κ2) is 8.21. The molecule has 0 saturated heterocycles. The minimum atomic E-state index is -1.12. The van der Waals surface area contributed by atoms with Crippen molar-refractivity contribution in [2.24, 2.45) is 0 Å². The first-order valence-corrected chi connectivity index (χ1v) is 9.35. The van der Waals surface area contributed by atoms with E-state index in [1.165, 1.54) is 14.0 Å². The Labute approximate surface area is 179 Å². The van der Waals surface area contributed by atoms with Gasteiger partial charge in [0.05, 0.1) is 23.9 Å². The van der Waals surface area contributed by atoms with Gasteiger partial charge in [-0.2, -0.15) is 10.5 Å². The largest absolute Gasteiger partial charge is 0.493 e. The second-order valence-corrected chi connectivity index (χ2v) is 6.98. The minimum Gasteiger partial charge on any atom is -0.493 e. The average Bonchev–Trinajstić information content (AvgIpc) is 2.99. The van der Waals surface area contributed by atoms with E-state index in [0.717, 1.165) is 0 Å². The summed E-state index contributed by atoms with van der Waals surface area (Å²) in [5.74, 6) is -0.421. The first-order valence-electron chi connectivity index (χ1n) is 9.35. The highest BCUT2D eigenvalue weighted by Crippen LogP contribution is 2.45. The Balaban J connectivity index is 2.30. The van der Waals surface area contributed by atoms with E-state index in [-0.39, 0.29) is 17.1 Å². The van der Waals surface area contributed by atoms with Crippen LogP contribution in [0.5, 0.6) is 11.5 Å². The van der Waals surface area contributed by atoms with Gasteiger partial charge in [0.1, 0.15) is 18.0 Å². The van der Waals surface area contributed by atoms with E-state index in [1.807, 2.05) is 0 Å². The second-order valence-electron chi connectivity index (χ2n) is 6.98. The molecule has 156 valence electrons. The molecule has 1 aromatic carbocycles. The van der Waals surface area contributed by atoms with Crippen LogP contribution in [0.25, 0.3) is 17.2 Å². The molecule has 8 heteroatoms. The molecule has 0 bridgehead atoms. The zero-order valence-electron chi connectivity index (χ0n) is 17.5. The summed E-state index contributed by atoms with van der Waals surface area (Å²) in [5.41, 5.74) is 10.1. The standard InChI is InChI=1S/C23H20N4O4/c1-11-15(19-12(2)17(10-25)22(26)27-20(19)16(11)9-24)8-14-6-5-7-18(30-4)21(14)31-13(3)23(28)29/h5-8,13H,1-4H3,(H2,26,27)(H,28,29)/b15-8-/t13-/m0/s1. The molecule has 1 heterocycles. The zero-order valence-corrected chi connectivity index (χ0v) is 17.5. The van der Waals surface area contributed by atoms with Crippen LogP contribution >= 0.6 is 0 Å². The van der Waals surface area contributed by atoms with Crippen LogP contribution in [0.15, 0.2) is 23.8 Å². The van der Waals surface area contributed by atoms with Gasteiger partial charge >= 0.3 is 5.97 Å². The lowest BCUT2D eigenvalue weighted by Crippen LogP contribution is -2.23. The fourth-order valence-electron chi connectivity index (χ4n) is 3.51. The Morgan fingerprint density at radius 1 is 1.29 bits per heavy atom. The number of hydrogen-bond acceptors (Lipinski definition) is 7. The van der Waals surface area contributed by atoms with Crippen molar-refractivity contribution < 1.29 is 19.4 Å². The van der Waals surface area contributed by atoms with E-state index in [4.69, 9.17) is 15.2 Å². The number of anilines is 1. The number of allylic oxidation sites excluding steroid dienone is 3. The summed E-state index contributed by atoms with van der Waals surface area (Å²) in [6.45, 7) is 4.96. The highest BCUT2D eigenvalue weighted by Gasteiger charge is 2.30. The average molecular weight is 416 g/mol. The predicted octanol–water partition coefficient (Wildman–Crippen LogP) is 3.56. The van der Waals surface area contributed by atoms with Crippen molar-refractivity contribution in [2.45, 2.75) is 26.9 Å². The van der Waals surface area contributed by atoms with Gasteiger partial charge in [-0.05, 0) is 49.6 Å². The van der Waals surface area contributed by atoms with Crippen molar-refractivity contribution in [3.05, 3.63) is 51.7 Å². The number of nitriles is 2. The SMILES string of the molecule is COc1cccc(/C=C2/C(C)=C(C#N)c3nc(N)c(C#N)c(C)c32)c1O[C@@H](C)C(=O)O. The van der Waals surface area contributed by atoms with Crippen molar-refractivity contribution in [1.29, 1.82) is 10.5 Å². The molecule has 1 aliphatic rings. The first-order chi connectivity index (χ1) is 14.7. The summed E-state index contributed by atoms with van der Waals surface area (Å²) in [5, 5.41) is 28.5. The monoisotopic (exact) mass is 416 g/mol. The van der Waals surface area contributed by atoms with E-state index in [9.17, 15) is 20.4 Å². The number of aromatic nitrogens is 1. The summed E-state index contributed by atoms with van der Waals surface area (Å²) >= 11 is 0. The molecule has 3 N–H and O–H groups in total. The van der Waals surface area contributed by atoms with Crippen molar-refractivity contribution in [2.75, 3.05) is 12.8 Å². The topological polar surface area (TPSA) is 142 Å². The smallest absolute Gasteiger partial charge is 0.344 e. The predicted molar refractivity (Wildman–Crippen MR) is 115 cm³/mol. The Bertz CT molecular complexity index is 1250. The van der Waals surface area contributed by atoms with E-state index in [1.54, 1.807) is 38.1 Å². The first kappa shape index (κ1) is 21.4. The van der Waals surface area contributed by atoms with Gasteiger partial charge < -0.3 is 20.3 Å². The molecule has 8 nitrogen and oxygen atoms in total. The Hall–Kier alpha value is -4.30. The lowest BCUT2D eigenvalue weighted by Gasteiger charge is -2.17. The van der Waals surface area contributed by atoms with Crippen LogP contribution in [0.4, 0.5) is 5.82 Å². The van der Waals surface area contributed by atoms with Crippen LogP contribution in [0.2, 0.25) is 0 Å². The molecule has 0 radical (unpaired) electrons. The van der Waals surface area contributed by atoms with Gasteiger partial charge in [0.25, 0.3) is 0 Å². The number of nitrogens with two attached hydrogens (primary N) is 1. The fourth-order valence-corrected chi connectivity index (χ4v) is 3.51. The van der Waals surface area contributed by atoms with Crippen LogP contribution in [0, 0.1) is 29.6 Å². The van der Waals surface area contributed by atoms with Gasteiger partial charge in [-0.25, -0.2) is 9.78 Å². The minimum absolute atomic E-state index is 0.0706. The maximum Gasteiger partial charge on any atom is 0.344 e. The highest BCUT2D eigenvalue weighted by atomic mass is 16.5. The number of fused-ring (bicyclic) bond motifs is 1. The molecule has 31 heavy (non-hydrogen) atoms. The van der Waals surface area contributed by atoms with Gasteiger partial charge in [0, 0.05) is 11.1 Å². The number of carboxylic acids is 1. The molecular weight excluding hydrogens is 396 g/mol. The number of pyridine rings is 1. The van der Waals surface area contributed by atoms with E-state index < -0.39 is 12.1 Å². The van der Waals surface area contributed by atoms with Gasteiger partial charge in [-0.1, -0.05) is 12.1 Å². The van der Waals surface area contributed by atoms with Crippen molar-refractivity contribution in [3.63, 3.8) is 0 Å². The number of nitrogen functional groups attached to an aromatic ring is 1. The molecule has 0 spiro atoms. The van der Waals surface area contributed by atoms with Crippen molar-refractivity contribution in [3.8, 4) is 23.6 Å². The number of methoxy groups -OCH3 is 1. The van der Waals surface area contributed by atoms with Crippen molar-refractivity contribution in [1.82, 2.24) is 4.98 Å². The summed E-state index contributed by atoms with van der Waals surface area (Å²) in [6.07, 6.45) is 0.667. The Kier molecular flexibility index (Phi) is 5.67. The number of carbonyl (C=O) groups is 1. The molecule has 2 aromatic rings. The normalized spacial score (nSPS) is 14.6. The van der Waals surface area contributed by atoms with Crippen LogP contribution in [0.1, 0.15) is 41.8 Å². The third-order valence-corrected chi connectivity index (χ3v) is 5.16. The van der Waals surface area contributed by atoms with Gasteiger partial charge in [-0.3, -0.25) is 0 Å². The van der Waals surface area contributed by atoms with E-state index >= 15 is 0 Å². The van der Waals surface area contributed by atoms with Crippen molar-refractivity contribution >= 4 is 29.0 Å². The molecule has 1 atom stereocenters. The molecule has 0 unspecified atom stereocenters. The molecule has 1 aliphatic carbocycles. The molecule has 0 fully saturated rings. The van der Waals surface area contributed by atoms with Crippen LogP contribution in [-0.4, -0.2) is 29.3 Å². The lowest BCUT2D eigenvalue weighted by molar-refractivity contribution is -0.144. The maximum atomic E-state index is 11.3. The number of rotatable bonds is 5. The summed E-state index contributed by atoms with van der Waals surface area (Å²) in [7, 11) is 1.46. The van der Waals surface area contributed by atoms with Crippen LogP contribution < -0.4 is 15.2 Å². The molecule has 1 aromatic heterocycles. The number of nitrogens with zero attached hydrogens (tertiary/aromatic N) is 3. The van der Waals surface area contributed by atoms with E-state index in [0.29, 0.717) is 44.9 Å². The third-order valence-electron chi connectivity index (χ3n) is 5.16. The summed E-state index contributed by atoms with van der Waals surface area (Å²) in [4.78, 5) is 15.6. The molecule has 0 amide bonds. The molecule has 0 aliphatic heterocycles. The summed E-state index contributed by atoms with van der Waals surface area (Å²) in [6, 6.07) is 9.40. The molecule has 0 saturated carbocycles. The summed E-state index contributed by atoms with van der Waals surface area (Å²) < 4.78 is 11.0. The number of hydrogen-bond donors (Lipinski definition) is 2. The lowest BCUT2D eigenvalue weighted by atomic mass is 9.95. The van der Waals surface area contributed by atoms with E-state index in [2.05, 4.69) is 17.1 Å². The number of benzene rings is 1. The Morgan fingerprint density at radius 2 is 2.00 bits per heavy atom. The number of ether oxygens (including phenoxy) is 2. The molecule has 3 rings (SSSR count). The van der Waals surface area contributed by atoms with Gasteiger partial charge in [0.2, 0.25) is 0 Å². The van der Waals surface area contributed by atoms with Crippen LogP contribution in [0.3, 0.4) is 0 Å². The zero-order chi connectivity index (χ0) is 22.9. The maximum absolute atomic E-state index is 11.3. The quantitative estimate of drug-likeness (QED) is 0.753. The fraction of sp³-hybridized carbons (Fsp3) is 0.217. The molecular formula is C23H20N4O4.